The van der Waals surface area contributed by atoms with Crippen LogP contribution in [0.3, 0.4) is 0 Å². The van der Waals surface area contributed by atoms with Gasteiger partial charge in [-0.3, -0.25) is 9.59 Å². The first kappa shape index (κ1) is 17.7. The van der Waals surface area contributed by atoms with Gasteiger partial charge in [-0.15, -0.1) is 0 Å². The van der Waals surface area contributed by atoms with Crippen molar-refractivity contribution < 1.29 is 22.8 Å². The van der Waals surface area contributed by atoms with Gasteiger partial charge in [0.05, 0.1) is 11.3 Å². The largest absolute Gasteiger partial charge is 0.471 e. The van der Waals surface area contributed by atoms with Crippen molar-refractivity contribution in [1.29, 1.82) is 0 Å². The lowest BCUT2D eigenvalue weighted by Crippen LogP contribution is -2.51. The molecule has 0 spiro atoms. The number of rotatable bonds is 3. The number of anilines is 1. The molecule has 0 unspecified atom stereocenters. The lowest BCUT2D eigenvalue weighted by molar-refractivity contribution is -0.171. The first-order chi connectivity index (χ1) is 10.7. The number of nitrogens with zero attached hydrogens (tertiary/aromatic N) is 2. The van der Waals surface area contributed by atoms with Gasteiger partial charge < -0.3 is 9.80 Å². The van der Waals surface area contributed by atoms with Crippen molar-refractivity contribution >= 4 is 28.4 Å². The van der Waals surface area contributed by atoms with E-state index in [4.69, 9.17) is 11.6 Å². The van der Waals surface area contributed by atoms with Crippen LogP contribution in [0.4, 0.5) is 18.9 Å². The van der Waals surface area contributed by atoms with Crippen LogP contribution in [-0.2, 0) is 4.79 Å². The van der Waals surface area contributed by atoms with E-state index >= 15 is 0 Å². The summed E-state index contributed by atoms with van der Waals surface area (Å²) in [5.74, 6) is -1.97. The third-order valence-electron chi connectivity index (χ3n) is 3.89. The second-order valence-corrected chi connectivity index (χ2v) is 5.84. The summed E-state index contributed by atoms with van der Waals surface area (Å²) in [6.07, 6.45) is -4.24. The first-order valence-corrected chi connectivity index (χ1v) is 7.47. The quantitative estimate of drug-likeness (QED) is 0.788. The Morgan fingerprint density at radius 2 is 1.78 bits per heavy atom. The van der Waals surface area contributed by atoms with Gasteiger partial charge >= 0.3 is 12.1 Å². The monoisotopic (exact) mass is 348 g/mol. The fourth-order valence-electron chi connectivity index (χ4n) is 2.71. The molecule has 1 aromatic carbocycles. The molecule has 2 rings (SSSR count). The van der Waals surface area contributed by atoms with Gasteiger partial charge in [0.15, 0.2) is 0 Å². The average molecular weight is 349 g/mol. The Hall–Kier alpha value is -1.60. The zero-order chi connectivity index (χ0) is 17.2. The number of halogens is 4. The lowest BCUT2D eigenvalue weighted by atomic mass is 10.0. The summed E-state index contributed by atoms with van der Waals surface area (Å²) in [4.78, 5) is 26.1. The topological polar surface area (TPSA) is 40.6 Å². The Kier molecular flexibility index (Phi) is 5.31. The number of alkyl halides is 3. The Morgan fingerprint density at radius 1 is 1.22 bits per heavy atom. The number of hydrogen-bond donors (Lipinski definition) is 0. The van der Waals surface area contributed by atoms with E-state index in [-0.39, 0.29) is 11.3 Å². The van der Waals surface area contributed by atoms with Crippen molar-refractivity contribution in [1.82, 2.24) is 4.90 Å². The molecule has 1 aliphatic rings. The highest BCUT2D eigenvalue weighted by Crippen LogP contribution is 2.32. The molecule has 0 radical (unpaired) electrons. The summed E-state index contributed by atoms with van der Waals surface area (Å²) in [5.41, 5.74) is -0.199. The van der Waals surface area contributed by atoms with Gasteiger partial charge in [-0.05, 0) is 56.7 Å². The molecule has 0 atom stereocenters. The standard InChI is InChI=1S/C15H16ClF3N2O2/c1-20-8-6-10(7-9-20)21(14(23)15(17,18)19)12-5-3-2-4-11(12)13(16)22/h2-5,10H,6-9H2,1H3. The third kappa shape index (κ3) is 4.03. The van der Waals surface area contributed by atoms with E-state index in [1.54, 1.807) is 0 Å². The van der Waals surface area contributed by atoms with Crippen LogP contribution in [0.15, 0.2) is 24.3 Å². The molecule has 0 aromatic heterocycles. The zero-order valence-electron chi connectivity index (χ0n) is 12.4. The van der Waals surface area contributed by atoms with Gasteiger partial charge in [0, 0.05) is 6.04 Å². The van der Waals surface area contributed by atoms with Crippen LogP contribution in [0.25, 0.3) is 0 Å². The lowest BCUT2D eigenvalue weighted by Gasteiger charge is -2.38. The van der Waals surface area contributed by atoms with E-state index in [1.165, 1.54) is 24.3 Å². The number of hydrogen-bond acceptors (Lipinski definition) is 3. The van der Waals surface area contributed by atoms with E-state index in [0.717, 1.165) is 0 Å². The second-order valence-electron chi connectivity index (χ2n) is 5.50. The minimum atomic E-state index is -5.02. The van der Waals surface area contributed by atoms with Crippen molar-refractivity contribution in [3.63, 3.8) is 0 Å². The SMILES string of the molecule is CN1CCC(N(C(=O)C(F)(F)F)c2ccccc2C(=O)Cl)CC1. The summed E-state index contributed by atoms with van der Waals surface area (Å²) in [5, 5.41) is -0.895. The van der Waals surface area contributed by atoms with Crippen molar-refractivity contribution in [3.8, 4) is 0 Å². The van der Waals surface area contributed by atoms with Crippen LogP contribution >= 0.6 is 11.6 Å². The molecule has 4 nitrogen and oxygen atoms in total. The Labute approximate surface area is 136 Å². The van der Waals surface area contributed by atoms with Crippen LogP contribution in [0.1, 0.15) is 23.2 Å². The summed E-state index contributed by atoms with van der Waals surface area (Å²) in [6, 6.07) is 4.97. The highest BCUT2D eigenvalue weighted by molar-refractivity contribution is 6.68. The number of benzene rings is 1. The van der Waals surface area contributed by atoms with Crippen LogP contribution in [-0.4, -0.2) is 48.4 Å². The minimum Gasteiger partial charge on any atom is -0.306 e. The van der Waals surface area contributed by atoms with Gasteiger partial charge in [-0.1, -0.05) is 12.1 Å². The van der Waals surface area contributed by atoms with E-state index in [2.05, 4.69) is 0 Å². The summed E-state index contributed by atoms with van der Waals surface area (Å²) < 4.78 is 39.1. The molecular weight excluding hydrogens is 333 g/mol. The number of likely N-dealkylation sites (tertiary alicyclic amines) is 1. The molecule has 1 aliphatic heterocycles. The number of piperidine rings is 1. The normalized spacial score (nSPS) is 17.1. The molecule has 0 saturated carbocycles. The number of carbonyl (C=O) groups excluding carboxylic acids is 2. The molecule has 126 valence electrons. The highest BCUT2D eigenvalue weighted by Gasteiger charge is 2.46. The number of amides is 1. The van der Waals surface area contributed by atoms with Crippen molar-refractivity contribution in [2.45, 2.75) is 25.1 Å². The van der Waals surface area contributed by atoms with Crippen molar-refractivity contribution in [2.24, 2.45) is 0 Å². The van der Waals surface area contributed by atoms with Gasteiger partial charge in [-0.2, -0.15) is 13.2 Å². The number of carbonyl (C=O) groups is 2. The molecule has 1 heterocycles. The average Bonchev–Trinajstić information content (AvgIpc) is 2.49. The van der Waals surface area contributed by atoms with E-state index < -0.39 is 23.4 Å². The predicted octanol–water partition coefficient (Wildman–Crippen LogP) is 3.06. The minimum absolute atomic E-state index is 0.0932. The molecule has 0 N–H and O–H groups in total. The van der Waals surface area contributed by atoms with E-state index in [0.29, 0.717) is 30.8 Å². The van der Waals surface area contributed by atoms with Gasteiger partial charge in [0.2, 0.25) is 0 Å². The molecule has 8 heteroatoms. The summed E-state index contributed by atoms with van der Waals surface area (Å²) in [6.45, 7) is 1.15. The maximum absolute atomic E-state index is 13.0. The third-order valence-corrected chi connectivity index (χ3v) is 4.09. The molecule has 1 amide bonds. The Morgan fingerprint density at radius 3 is 2.30 bits per heavy atom. The van der Waals surface area contributed by atoms with E-state index in [9.17, 15) is 22.8 Å². The Balaban J connectivity index is 2.46. The molecule has 1 saturated heterocycles. The maximum atomic E-state index is 13.0. The van der Waals surface area contributed by atoms with Crippen LogP contribution in [0.5, 0.6) is 0 Å². The van der Waals surface area contributed by atoms with Crippen molar-refractivity contribution in [2.75, 3.05) is 25.0 Å². The fraction of sp³-hybridized carbons (Fsp3) is 0.467. The first-order valence-electron chi connectivity index (χ1n) is 7.09. The smallest absolute Gasteiger partial charge is 0.306 e. The fourth-order valence-corrected chi connectivity index (χ4v) is 2.87. The maximum Gasteiger partial charge on any atom is 0.471 e. The van der Waals surface area contributed by atoms with Gasteiger partial charge in [0.1, 0.15) is 0 Å². The molecule has 1 aromatic rings. The highest BCUT2D eigenvalue weighted by atomic mass is 35.5. The molecule has 0 bridgehead atoms. The summed E-state index contributed by atoms with van der Waals surface area (Å²) in [7, 11) is 1.86. The predicted molar refractivity (Wildman–Crippen MR) is 80.7 cm³/mol. The second kappa shape index (κ2) is 6.88. The molecule has 23 heavy (non-hydrogen) atoms. The van der Waals surface area contributed by atoms with Gasteiger partial charge in [0.25, 0.3) is 5.24 Å². The zero-order valence-corrected chi connectivity index (χ0v) is 13.2. The Bertz CT molecular complexity index is 599. The van der Waals surface area contributed by atoms with Crippen molar-refractivity contribution in [3.05, 3.63) is 29.8 Å². The van der Waals surface area contributed by atoms with Gasteiger partial charge in [-0.25, -0.2) is 0 Å². The van der Waals surface area contributed by atoms with E-state index in [1.807, 2.05) is 11.9 Å². The van der Waals surface area contributed by atoms with Crippen LogP contribution in [0, 0.1) is 0 Å². The molecule has 0 aliphatic carbocycles. The van der Waals surface area contributed by atoms with Crippen LogP contribution < -0.4 is 4.90 Å². The molecular formula is C15H16ClF3N2O2. The summed E-state index contributed by atoms with van der Waals surface area (Å²) >= 11 is 5.47. The van der Waals surface area contributed by atoms with Crippen LogP contribution in [0.2, 0.25) is 0 Å². The number of para-hydroxylation sites is 1. The molecule has 1 fully saturated rings.